The number of rotatable bonds is 13. The summed E-state index contributed by atoms with van der Waals surface area (Å²) in [6.45, 7) is 11.6. The molecular formula is C28H39N3O4. The molecule has 2 atom stereocenters. The smallest absolute Gasteiger partial charge is 0.227 e. The zero-order valence-electron chi connectivity index (χ0n) is 21.8. The van der Waals surface area contributed by atoms with Crippen molar-refractivity contribution < 1.29 is 19.3 Å². The van der Waals surface area contributed by atoms with Crippen molar-refractivity contribution in [1.29, 1.82) is 0 Å². The van der Waals surface area contributed by atoms with Crippen LogP contribution in [0.5, 0.6) is 17.4 Å². The summed E-state index contributed by atoms with van der Waals surface area (Å²) in [7, 11) is 1.63. The lowest BCUT2D eigenvalue weighted by atomic mass is 10.1. The Labute approximate surface area is 209 Å². The van der Waals surface area contributed by atoms with Gasteiger partial charge in [-0.2, -0.15) is 5.10 Å². The molecule has 35 heavy (non-hydrogen) atoms. The molecule has 7 heteroatoms. The molecule has 0 saturated heterocycles. The fourth-order valence-electron chi connectivity index (χ4n) is 3.87. The molecule has 0 spiro atoms. The van der Waals surface area contributed by atoms with Crippen molar-refractivity contribution in [2.45, 2.75) is 65.8 Å². The molecule has 0 radical (unpaired) electrons. The number of aliphatic hydroxyl groups excluding tert-OH is 1. The summed E-state index contributed by atoms with van der Waals surface area (Å²) in [6.07, 6.45) is 0.440. The number of aryl methyl sites for hydroxylation is 1. The molecule has 1 N–H and O–H groups in total. The number of nitrogens with zero attached hydrogens (tertiary/aromatic N) is 3. The fraction of sp³-hybridized carbons (Fsp3) is 0.464. The number of ether oxygens (including phenoxy) is 3. The van der Waals surface area contributed by atoms with Crippen LogP contribution >= 0.6 is 0 Å². The van der Waals surface area contributed by atoms with Gasteiger partial charge >= 0.3 is 0 Å². The number of para-hydroxylation sites is 3. The number of hydrogen-bond donors (Lipinski definition) is 1. The van der Waals surface area contributed by atoms with Gasteiger partial charge in [0.15, 0.2) is 11.5 Å². The highest BCUT2D eigenvalue weighted by Gasteiger charge is 2.25. The standard InChI is InChI=1S/C28H39N3O4/c1-7-21(4)30(17-24(32)19-34-20(2)3)18-25-22(5)29-31(23-13-9-8-10-14-23)28(25)35-27-16-12-11-15-26(27)33-6/h8-16,20-21,24,32H,7,17-19H2,1-6H3/t21-,24-/m0/s1. The summed E-state index contributed by atoms with van der Waals surface area (Å²) < 4.78 is 19.5. The summed E-state index contributed by atoms with van der Waals surface area (Å²) in [5.41, 5.74) is 2.75. The van der Waals surface area contributed by atoms with E-state index in [-0.39, 0.29) is 12.1 Å². The van der Waals surface area contributed by atoms with Crippen molar-refractivity contribution in [2.24, 2.45) is 0 Å². The van der Waals surface area contributed by atoms with Crippen molar-refractivity contribution in [2.75, 3.05) is 20.3 Å². The molecule has 3 aromatic rings. The molecule has 1 aromatic heterocycles. The van der Waals surface area contributed by atoms with Gasteiger partial charge in [-0.3, -0.25) is 4.90 Å². The fourth-order valence-corrected chi connectivity index (χ4v) is 3.87. The number of hydrogen-bond acceptors (Lipinski definition) is 6. The highest BCUT2D eigenvalue weighted by Crippen LogP contribution is 2.36. The van der Waals surface area contributed by atoms with Gasteiger partial charge in [0.1, 0.15) is 0 Å². The predicted molar refractivity (Wildman–Crippen MR) is 139 cm³/mol. The molecule has 190 valence electrons. The van der Waals surface area contributed by atoms with Crippen LogP contribution in [0.25, 0.3) is 5.69 Å². The van der Waals surface area contributed by atoms with E-state index >= 15 is 0 Å². The lowest BCUT2D eigenvalue weighted by Gasteiger charge is -2.30. The zero-order chi connectivity index (χ0) is 25.4. The van der Waals surface area contributed by atoms with E-state index in [1.807, 2.05) is 80.1 Å². The van der Waals surface area contributed by atoms with E-state index in [1.165, 1.54) is 0 Å². The Bertz CT molecular complexity index is 1050. The van der Waals surface area contributed by atoms with Crippen LogP contribution in [0.1, 0.15) is 45.4 Å². The van der Waals surface area contributed by atoms with Crippen molar-refractivity contribution in [3.63, 3.8) is 0 Å². The molecule has 3 rings (SSSR count). The molecule has 0 amide bonds. The van der Waals surface area contributed by atoms with E-state index in [2.05, 4.69) is 18.7 Å². The number of methoxy groups -OCH3 is 1. The van der Waals surface area contributed by atoms with Gasteiger partial charge in [0.05, 0.1) is 42.9 Å². The minimum absolute atomic E-state index is 0.0777. The molecule has 2 aromatic carbocycles. The number of aliphatic hydroxyl groups is 1. The molecular weight excluding hydrogens is 442 g/mol. The molecule has 0 bridgehead atoms. The maximum Gasteiger partial charge on any atom is 0.227 e. The first-order valence-electron chi connectivity index (χ1n) is 12.3. The van der Waals surface area contributed by atoms with E-state index in [9.17, 15) is 5.11 Å². The lowest BCUT2D eigenvalue weighted by Crippen LogP contribution is -2.40. The zero-order valence-corrected chi connectivity index (χ0v) is 21.8. The van der Waals surface area contributed by atoms with Crippen LogP contribution < -0.4 is 9.47 Å². The van der Waals surface area contributed by atoms with Crippen LogP contribution in [0.4, 0.5) is 0 Å². The normalized spacial score (nSPS) is 13.3. The molecule has 0 unspecified atom stereocenters. The second-order valence-corrected chi connectivity index (χ2v) is 9.09. The topological polar surface area (TPSA) is 69.0 Å². The van der Waals surface area contributed by atoms with Crippen LogP contribution in [0, 0.1) is 6.92 Å². The van der Waals surface area contributed by atoms with E-state index in [4.69, 9.17) is 19.3 Å². The second-order valence-electron chi connectivity index (χ2n) is 9.09. The highest BCUT2D eigenvalue weighted by molar-refractivity contribution is 5.47. The largest absolute Gasteiger partial charge is 0.493 e. The summed E-state index contributed by atoms with van der Waals surface area (Å²) >= 11 is 0. The maximum atomic E-state index is 10.7. The van der Waals surface area contributed by atoms with Gasteiger partial charge in [0.2, 0.25) is 5.88 Å². The Balaban J connectivity index is 1.99. The first-order chi connectivity index (χ1) is 16.8. The Kier molecular flexibility index (Phi) is 9.72. The minimum Gasteiger partial charge on any atom is -0.493 e. The van der Waals surface area contributed by atoms with Crippen molar-refractivity contribution in [3.8, 4) is 23.1 Å². The molecule has 1 heterocycles. The lowest BCUT2D eigenvalue weighted by molar-refractivity contribution is -0.0150. The summed E-state index contributed by atoms with van der Waals surface area (Å²) in [5, 5.41) is 15.5. The average molecular weight is 482 g/mol. The third-order valence-electron chi connectivity index (χ3n) is 6.06. The summed E-state index contributed by atoms with van der Waals surface area (Å²) in [5.74, 6) is 1.91. The van der Waals surface area contributed by atoms with E-state index in [1.54, 1.807) is 7.11 Å². The van der Waals surface area contributed by atoms with Gasteiger partial charge in [-0.05, 0) is 58.4 Å². The van der Waals surface area contributed by atoms with Crippen LogP contribution in [0.3, 0.4) is 0 Å². The average Bonchev–Trinajstić information content (AvgIpc) is 3.17. The summed E-state index contributed by atoms with van der Waals surface area (Å²) in [6, 6.07) is 17.8. The second kappa shape index (κ2) is 12.7. The van der Waals surface area contributed by atoms with Gasteiger partial charge in [0.25, 0.3) is 0 Å². The Morgan fingerprint density at radius 1 is 1.00 bits per heavy atom. The SMILES string of the molecule is CC[C@H](C)N(Cc1c(C)nn(-c2ccccc2)c1Oc1ccccc1OC)C[C@H](O)COC(C)C. The van der Waals surface area contributed by atoms with Crippen LogP contribution in [0.15, 0.2) is 54.6 Å². The monoisotopic (exact) mass is 481 g/mol. The van der Waals surface area contributed by atoms with Crippen molar-refractivity contribution in [3.05, 3.63) is 65.9 Å². The Morgan fingerprint density at radius 3 is 2.29 bits per heavy atom. The molecule has 0 saturated carbocycles. The van der Waals surface area contributed by atoms with Crippen LogP contribution in [-0.2, 0) is 11.3 Å². The third kappa shape index (κ3) is 7.07. The maximum absolute atomic E-state index is 10.7. The third-order valence-corrected chi connectivity index (χ3v) is 6.06. The molecule has 0 aliphatic heterocycles. The van der Waals surface area contributed by atoms with Crippen LogP contribution in [0.2, 0.25) is 0 Å². The minimum atomic E-state index is -0.588. The van der Waals surface area contributed by atoms with Gasteiger partial charge in [0, 0.05) is 19.1 Å². The number of benzene rings is 2. The van der Waals surface area contributed by atoms with Crippen molar-refractivity contribution >= 4 is 0 Å². The molecule has 0 aliphatic carbocycles. The van der Waals surface area contributed by atoms with Gasteiger partial charge < -0.3 is 19.3 Å². The van der Waals surface area contributed by atoms with E-state index in [0.29, 0.717) is 37.1 Å². The quantitative estimate of drug-likeness (QED) is 0.354. The van der Waals surface area contributed by atoms with E-state index < -0.39 is 6.10 Å². The Hall–Kier alpha value is -2.87. The van der Waals surface area contributed by atoms with Crippen LogP contribution in [-0.4, -0.2) is 58.3 Å². The molecule has 0 fully saturated rings. The van der Waals surface area contributed by atoms with Gasteiger partial charge in [-0.15, -0.1) is 0 Å². The summed E-state index contributed by atoms with van der Waals surface area (Å²) in [4.78, 5) is 2.27. The van der Waals surface area contributed by atoms with E-state index in [0.717, 1.165) is 23.4 Å². The van der Waals surface area contributed by atoms with Crippen molar-refractivity contribution in [1.82, 2.24) is 14.7 Å². The highest BCUT2D eigenvalue weighted by atomic mass is 16.5. The number of aromatic nitrogens is 2. The molecule has 7 nitrogen and oxygen atoms in total. The first kappa shape index (κ1) is 26.7. The first-order valence-corrected chi connectivity index (χ1v) is 12.3. The van der Waals surface area contributed by atoms with Gasteiger partial charge in [-0.1, -0.05) is 37.3 Å². The predicted octanol–water partition coefficient (Wildman–Crippen LogP) is 5.37. The van der Waals surface area contributed by atoms with Gasteiger partial charge in [-0.25, -0.2) is 4.68 Å². The Morgan fingerprint density at radius 2 is 1.66 bits per heavy atom. The molecule has 0 aliphatic rings.